The van der Waals surface area contributed by atoms with Crippen molar-refractivity contribution in [2.45, 2.75) is 37.6 Å². The first kappa shape index (κ1) is 24.2. The molecule has 2 aromatic heterocycles. The maximum Gasteiger partial charge on any atom is 0.264 e. The van der Waals surface area contributed by atoms with Crippen molar-refractivity contribution in [1.29, 1.82) is 0 Å². The number of likely N-dealkylation sites (tertiary alicyclic amines) is 1. The largest absolute Gasteiger partial charge is 0.383 e. The minimum Gasteiger partial charge on any atom is -0.383 e. The predicted molar refractivity (Wildman–Crippen MR) is 136 cm³/mol. The first-order valence-corrected chi connectivity index (χ1v) is 13.5. The lowest BCUT2D eigenvalue weighted by molar-refractivity contribution is 0.352. The summed E-state index contributed by atoms with van der Waals surface area (Å²) in [6, 6.07) is 7.05. The van der Waals surface area contributed by atoms with Gasteiger partial charge in [-0.2, -0.15) is 0 Å². The molecule has 1 aromatic carbocycles. The third kappa shape index (κ3) is 5.23. The van der Waals surface area contributed by atoms with Crippen LogP contribution in [0.25, 0.3) is 22.2 Å². The van der Waals surface area contributed by atoms with Crippen molar-refractivity contribution in [3.8, 4) is 11.3 Å². The number of nitrogens with one attached hydrogen (secondary N) is 2. The molecule has 0 saturated carbocycles. The molecule has 0 aliphatic carbocycles. The minimum atomic E-state index is -3.49. The number of aryl methyl sites for hydroxylation is 1. The molecule has 0 spiro atoms. The third-order valence-electron chi connectivity index (χ3n) is 5.95. The molecule has 0 bridgehead atoms. The van der Waals surface area contributed by atoms with Crippen molar-refractivity contribution in [3.63, 3.8) is 0 Å². The Bertz CT molecular complexity index is 1360. The SMILES string of the molecule is CC(C)Nc1nc(-c2ccc(NCCN3CCCC3)c(S(C)(=O)=O)c2)cc2ncn(C)c(=O)c12. The third-order valence-corrected chi connectivity index (χ3v) is 7.08. The summed E-state index contributed by atoms with van der Waals surface area (Å²) in [7, 11) is -1.84. The number of rotatable bonds is 8. The van der Waals surface area contributed by atoms with Crippen LogP contribution in [-0.2, 0) is 16.9 Å². The van der Waals surface area contributed by atoms with Gasteiger partial charge >= 0.3 is 0 Å². The number of aromatic nitrogens is 3. The number of hydrogen-bond acceptors (Lipinski definition) is 8. The van der Waals surface area contributed by atoms with Gasteiger partial charge in [0.15, 0.2) is 9.84 Å². The number of nitrogens with zero attached hydrogens (tertiary/aromatic N) is 4. The first-order valence-electron chi connectivity index (χ1n) is 11.6. The molecule has 0 amide bonds. The highest BCUT2D eigenvalue weighted by molar-refractivity contribution is 7.90. The zero-order valence-electron chi connectivity index (χ0n) is 20.1. The van der Waals surface area contributed by atoms with Crippen LogP contribution >= 0.6 is 0 Å². The first-order chi connectivity index (χ1) is 16.1. The highest BCUT2D eigenvalue weighted by Crippen LogP contribution is 2.30. The van der Waals surface area contributed by atoms with E-state index in [0.29, 0.717) is 40.2 Å². The number of hydrogen-bond donors (Lipinski definition) is 2. The maximum absolute atomic E-state index is 12.8. The second kappa shape index (κ2) is 9.71. The molecule has 34 heavy (non-hydrogen) atoms. The summed E-state index contributed by atoms with van der Waals surface area (Å²) < 4.78 is 26.7. The van der Waals surface area contributed by atoms with E-state index < -0.39 is 9.84 Å². The fourth-order valence-electron chi connectivity index (χ4n) is 4.24. The van der Waals surface area contributed by atoms with Gasteiger partial charge in [0.2, 0.25) is 0 Å². The molecule has 2 N–H and O–H groups in total. The Balaban J connectivity index is 1.74. The number of anilines is 2. The second-order valence-corrected chi connectivity index (χ2v) is 11.2. The Kier molecular flexibility index (Phi) is 6.90. The van der Waals surface area contributed by atoms with Crippen LogP contribution in [-0.4, -0.2) is 66.3 Å². The summed E-state index contributed by atoms with van der Waals surface area (Å²) in [5, 5.41) is 6.94. The highest BCUT2D eigenvalue weighted by atomic mass is 32.2. The second-order valence-electron chi connectivity index (χ2n) is 9.17. The molecule has 10 heteroatoms. The Labute approximate surface area is 200 Å². The van der Waals surface area contributed by atoms with Gasteiger partial charge in [0.25, 0.3) is 5.56 Å². The van der Waals surface area contributed by atoms with Crippen molar-refractivity contribution in [3.05, 3.63) is 40.9 Å². The molecule has 0 unspecified atom stereocenters. The number of pyridine rings is 1. The maximum atomic E-state index is 12.8. The number of sulfone groups is 1. The van der Waals surface area contributed by atoms with E-state index in [0.717, 1.165) is 19.6 Å². The van der Waals surface area contributed by atoms with Crippen molar-refractivity contribution in [2.24, 2.45) is 7.05 Å². The zero-order valence-corrected chi connectivity index (χ0v) is 20.9. The van der Waals surface area contributed by atoms with E-state index in [2.05, 4.69) is 20.5 Å². The molecule has 1 aliphatic rings. The normalized spacial score (nSPS) is 14.7. The Morgan fingerprint density at radius 1 is 1.15 bits per heavy atom. The van der Waals surface area contributed by atoms with E-state index in [-0.39, 0.29) is 16.5 Å². The summed E-state index contributed by atoms with van der Waals surface area (Å²) in [5.74, 6) is 0.435. The average Bonchev–Trinajstić information content (AvgIpc) is 3.28. The van der Waals surface area contributed by atoms with Gasteiger partial charge in [-0.3, -0.25) is 4.79 Å². The molecular formula is C24H32N6O3S. The van der Waals surface area contributed by atoms with Gasteiger partial charge in [0.1, 0.15) is 11.2 Å². The molecule has 3 heterocycles. The van der Waals surface area contributed by atoms with Gasteiger partial charge in [-0.05, 0) is 58.0 Å². The summed E-state index contributed by atoms with van der Waals surface area (Å²) in [6.07, 6.45) is 5.12. The molecule has 182 valence electrons. The van der Waals surface area contributed by atoms with E-state index in [1.54, 1.807) is 25.2 Å². The lowest BCUT2D eigenvalue weighted by Gasteiger charge is -2.17. The minimum absolute atomic E-state index is 0.0459. The molecule has 0 radical (unpaired) electrons. The average molecular weight is 485 g/mol. The van der Waals surface area contributed by atoms with E-state index in [1.807, 2.05) is 19.9 Å². The fourth-order valence-corrected chi connectivity index (χ4v) is 5.12. The van der Waals surface area contributed by atoms with Crippen LogP contribution < -0.4 is 16.2 Å². The Morgan fingerprint density at radius 3 is 2.56 bits per heavy atom. The molecule has 9 nitrogen and oxygen atoms in total. The fraction of sp³-hybridized carbons (Fsp3) is 0.458. The summed E-state index contributed by atoms with van der Waals surface area (Å²) in [6.45, 7) is 7.67. The van der Waals surface area contributed by atoms with Gasteiger partial charge in [-0.25, -0.2) is 18.4 Å². The lowest BCUT2D eigenvalue weighted by Crippen LogP contribution is -2.26. The Morgan fingerprint density at radius 2 is 1.88 bits per heavy atom. The van der Waals surface area contributed by atoms with Crippen LogP contribution in [0.1, 0.15) is 26.7 Å². The number of fused-ring (bicyclic) bond motifs is 1. The van der Waals surface area contributed by atoms with Gasteiger partial charge in [-0.15, -0.1) is 0 Å². The molecule has 1 aliphatic heterocycles. The van der Waals surface area contributed by atoms with Crippen molar-refractivity contribution < 1.29 is 8.42 Å². The standard InChI is InChI=1S/C24H32N6O3S/c1-16(2)27-23-22-20(26-15-29(3)24(22)31)14-19(28-23)17-7-8-18(21(13-17)34(4,32)33)25-9-12-30-10-5-6-11-30/h7-8,13-16,25H,5-6,9-12H2,1-4H3,(H,27,28). The van der Waals surface area contributed by atoms with Crippen LogP contribution in [0, 0.1) is 0 Å². The topological polar surface area (TPSA) is 109 Å². The zero-order chi connectivity index (χ0) is 24.5. The van der Waals surface area contributed by atoms with Crippen LogP contribution in [0.3, 0.4) is 0 Å². The molecule has 0 atom stereocenters. The van der Waals surface area contributed by atoms with Crippen molar-refractivity contribution in [2.75, 3.05) is 43.1 Å². The molecule has 4 rings (SSSR count). The van der Waals surface area contributed by atoms with E-state index in [4.69, 9.17) is 4.98 Å². The van der Waals surface area contributed by atoms with Gasteiger partial charge in [0, 0.05) is 38.0 Å². The van der Waals surface area contributed by atoms with E-state index >= 15 is 0 Å². The summed E-state index contributed by atoms with van der Waals surface area (Å²) in [4.78, 5) is 24.5. The Hall–Kier alpha value is -2.98. The van der Waals surface area contributed by atoms with Crippen LogP contribution in [0.5, 0.6) is 0 Å². The van der Waals surface area contributed by atoms with Crippen LogP contribution in [0.2, 0.25) is 0 Å². The van der Waals surface area contributed by atoms with Crippen LogP contribution in [0.15, 0.2) is 40.3 Å². The lowest BCUT2D eigenvalue weighted by atomic mass is 10.1. The molecule has 3 aromatic rings. The molecule has 1 saturated heterocycles. The van der Waals surface area contributed by atoms with Crippen LogP contribution in [0.4, 0.5) is 11.5 Å². The predicted octanol–water partition coefficient (Wildman–Crippen LogP) is 2.73. The quantitative estimate of drug-likeness (QED) is 0.502. The smallest absolute Gasteiger partial charge is 0.264 e. The monoisotopic (exact) mass is 484 g/mol. The van der Waals surface area contributed by atoms with Gasteiger partial charge < -0.3 is 20.1 Å². The van der Waals surface area contributed by atoms with Gasteiger partial charge in [0.05, 0.1) is 28.1 Å². The highest BCUT2D eigenvalue weighted by Gasteiger charge is 2.19. The summed E-state index contributed by atoms with van der Waals surface area (Å²) in [5.41, 5.74) is 2.08. The van der Waals surface area contributed by atoms with E-state index in [9.17, 15) is 13.2 Å². The van der Waals surface area contributed by atoms with E-state index in [1.165, 1.54) is 30.0 Å². The molecular weight excluding hydrogens is 452 g/mol. The number of benzene rings is 1. The summed E-state index contributed by atoms with van der Waals surface area (Å²) >= 11 is 0. The molecule has 1 fully saturated rings. The van der Waals surface area contributed by atoms with Crippen molar-refractivity contribution >= 4 is 32.2 Å². The van der Waals surface area contributed by atoms with Gasteiger partial charge in [-0.1, -0.05) is 6.07 Å². The van der Waals surface area contributed by atoms with Crippen molar-refractivity contribution in [1.82, 2.24) is 19.4 Å².